The van der Waals surface area contributed by atoms with E-state index in [4.69, 9.17) is 0 Å². The van der Waals surface area contributed by atoms with Gasteiger partial charge in [-0.3, -0.25) is 4.79 Å². The summed E-state index contributed by atoms with van der Waals surface area (Å²) in [6, 6.07) is 5.56. The minimum atomic E-state index is -0.963. The normalized spacial score (nSPS) is 32.2. The molecule has 3 saturated carbocycles. The number of rotatable bonds is 14. The summed E-state index contributed by atoms with van der Waals surface area (Å²) >= 11 is 0. The standard InChI is InChI=1S/C38H60FNO3/c1-3-4-5-10-22-40(35(43)17-12-15-27-13-7-6-8-14-27)23-11-9-16-28-24-29-25-30(41)18-19-31(29)37-33(39)26-38(2)32(36(28)37)20-21-34(38)42/h18-19,25,27-28,32-34,36-37,41-42H,3-17,20-24,26H2,1-2H3/t28-,32+,33+,34+,36+,37+,38+/m1/s1. The molecule has 1 aromatic rings. The van der Waals surface area contributed by atoms with E-state index in [1.807, 2.05) is 12.1 Å². The van der Waals surface area contributed by atoms with E-state index >= 15 is 4.39 Å². The number of hydrogen-bond donors (Lipinski definition) is 2. The van der Waals surface area contributed by atoms with Crippen molar-refractivity contribution in [3.05, 3.63) is 29.3 Å². The molecule has 5 rings (SSSR count). The van der Waals surface area contributed by atoms with Crippen LogP contribution in [-0.4, -0.2) is 46.4 Å². The van der Waals surface area contributed by atoms with Gasteiger partial charge < -0.3 is 15.1 Å². The summed E-state index contributed by atoms with van der Waals surface area (Å²) in [7, 11) is 0. The van der Waals surface area contributed by atoms with E-state index in [0.717, 1.165) is 81.5 Å². The lowest BCUT2D eigenvalue weighted by atomic mass is 9.51. The first-order chi connectivity index (χ1) is 20.8. The van der Waals surface area contributed by atoms with Crippen LogP contribution in [0.2, 0.25) is 0 Å². The summed E-state index contributed by atoms with van der Waals surface area (Å²) in [4.78, 5) is 15.5. The highest BCUT2D eigenvalue weighted by atomic mass is 19.1. The minimum Gasteiger partial charge on any atom is -0.508 e. The van der Waals surface area contributed by atoms with Crippen molar-refractivity contribution in [2.75, 3.05) is 13.1 Å². The van der Waals surface area contributed by atoms with Gasteiger partial charge in [0.05, 0.1) is 6.10 Å². The number of nitrogens with zero attached hydrogens (tertiary/aromatic N) is 1. The monoisotopic (exact) mass is 597 g/mol. The molecule has 43 heavy (non-hydrogen) atoms. The van der Waals surface area contributed by atoms with Crippen molar-refractivity contribution in [2.24, 2.45) is 29.1 Å². The lowest BCUT2D eigenvalue weighted by Gasteiger charge is -2.54. The van der Waals surface area contributed by atoms with Crippen molar-refractivity contribution in [2.45, 2.75) is 154 Å². The van der Waals surface area contributed by atoms with E-state index < -0.39 is 12.3 Å². The minimum absolute atomic E-state index is 0.140. The third-order valence-corrected chi connectivity index (χ3v) is 12.4. The summed E-state index contributed by atoms with van der Waals surface area (Å²) in [6.07, 6.45) is 19.2. The van der Waals surface area contributed by atoms with E-state index in [0.29, 0.717) is 30.6 Å². The quantitative estimate of drug-likeness (QED) is 0.210. The lowest BCUT2D eigenvalue weighted by molar-refractivity contribution is -0.131. The van der Waals surface area contributed by atoms with Gasteiger partial charge in [-0.15, -0.1) is 0 Å². The zero-order valence-electron chi connectivity index (χ0n) is 27.3. The molecule has 7 atom stereocenters. The third kappa shape index (κ3) is 7.61. The highest BCUT2D eigenvalue weighted by Gasteiger charge is 2.59. The van der Waals surface area contributed by atoms with Crippen LogP contribution in [0.15, 0.2) is 18.2 Å². The summed E-state index contributed by atoms with van der Waals surface area (Å²) in [5.41, 5.74) is 1.86. The molecule has 0 spiro atoms. The molecule has 1 amide bonds. The predicted octanol–water partition coefficient (Wildman–Crippen LogP) is 9.11. The second-order valence-electron chi connectivity index (χ2n) is 15.2. The van der Waals surface area contributed by atoms with Crippen molar-refractivity contribution in [1.29, 1.82) is 0 Å². The van der Waals surface area contributed by atoms with Gasteiger partial charge in [0.25, 0.3) is 0 Å². The SMILES string of the molecule is CCCCCCN(CCCC[C@@H]1Cc2cc(O)ccc2[C@@H]2[C@@H]1[C@@H]1CC[C@H](O)[C@@]1(C)C[C@@H]2F)C(=O)CCCC1CCCCC1. The first-order valence-electron chi connectivity index (χ1n) is 18.2. The van der Waals surface area contributed by atoms with Crippen molar-refractivity contribution >= 4 is 5.91 Å². The van der Waals surface area contributed by atoms with Crippen LogP contribution < -0.4 is 0 Å². The smallest absolute Gasteiger partial charge is 0.222 e. The van der Waals surface area contributed by atoms with Crippen LogP contribution in [0, 0.1) is 29.1 Å². The fourth-order valence-corrected chi connectivity index (χ4v) is 10.0. The van der Waals surface area contributed by atoms with E-state index in [1.54, 1.807) is 6.07 Å². The molecule has 0 bridgehead atoms. The van der Waals surface area contributed by atoms with Crippen molar-refractivity contribution < 1.29 is 19.4 Å². The second-order valence-corrected chi connectivity index (χ2v) is 15.2. The Morgan fingerprint density at radius 3 is 2.51 bits per heavy atom. The lowest BCUT2D eigenvalue weighted by Crippen LogP contribution is -2.51. The Balaban J connectivity index is 1.20. The maximum atomic E-state index is 16.1. The number of aliphatic hydroxyl groups is 1. The molecule has 0 heterocycles. The summed E-state index contributed by atoms with van der Waals surface area (Å²) in [5.74, 6) is 2.22. The Bertz CT molecular complexity index is 1040. The molecule has 0 saturated heterocycles. The maximum Gasteiger partial charge on any atom is 0.222 e. The molecule has 0 unspecified atom stereocenters. The average Bonchev–Trinajstić information content (AvgIpc) is 3.29. The van der Waals surface area contributed by atoms with Gasteiger partial charge in [0, 0.05) is 25.4 Å². The van der Waals surface area contributed by atoms with Gasteiger partial charge in [-0.2, -0.15) is 0 Å². The van der Waals surface area contributed by atoms with Crippen molar-refractivity contribution in [3.8, 4) is 5.75 Å². The Morgan fingerprint density at radius 2 is 1.74 bits per heavy atom. The topological polar surface area (TPSA) is 60.8 Å². The Kier molecular flexibility index (Phi) is 11.5. The van der Waals surface area contributed by atoms with Crippen LogP contribution in [0.3, 0.4) is 0 Å². The summed E-state index contributed by atoms with van der Waals surface area (Å²) < 4.78 is 16.1. The number of carbonyl (C=O) groups is 1. The molecule has 0 aliphatic heterocycles. The molecule has 0 aromatic heterocycles. The molecule has 3 fully saturated rings. The number of unbranched alkanes of at least 4 members (excludes halogenated alkanes) is 4. The zero-order chi connectivity index (χ0) is 30.4. The largest absolute Gasteiger partial charge is 0.508 e. The maximum absolute atomic E-state index is 16.1. The van der Waals surface area contributed by atoms with Gasteiger partial charge in [0.2, 0.25) is 5.91 Å². The van der Waals surface area contributed by atoms with Gasteiger partial charge in [-0.25, -0.2) is 4.39 Å². The Labute approximate surface area is 261 Å². The summed E-state index contributed by atoms with van der Waals surface area (Å²) in [6.45, 7) is 6.08. The molecule has 4 aliphatic carbocycles. The van der Waals surface area contributed by atoms with Crippen LogP contribution in [0.1, 0.15) is 146 Å². The fraction of sp³-hybridized carbons (Fsp3) is 0.816. The Hall–Kier alpha value is -1.62. The number of halogens is 1. The summed E-state index contributed by atoms with van der Waals surface area (Å²) in [5, 5.41) is 21.2. The number of phenols is 1. The van der Waals surface area contributed by atoms with Crippen LogP contribution in [-0.2, 0) is 11.2 Å². The average molecular weight is 598 g/mol. The molecule has 4 nitrogen and oxygen atoms in total. The third-order valence-electron chi connectivity index (χ3n) is 12.4. The first kappa shape index (κ1) is 32.8. The number of fused-ring (bicyclic) bond motifs is 5. The van der Waals surface area contributed by atoms with Crippen LogP contribution in [0.5, 0.6) is 5.75 Å². The molecular weight excluding hydrogens is 537 g/mol. The number of hydrogen-bond acceptors (Lipinski definition) is 3. The first-order valence-corrected chi connectivity index (χ1v) is 18.2. The van der Waals surface area contributed by atoms with Crippen LogP contribution in [0.4, 0.5) is 4.39 Å². The predicted molar refractivity (Wildman–Crippen MR) is 173 cm³/mol. The molecule has 242 valence electrons. The highest BCUT2D eigenvalue weighted by molar-refractivity contribution is 5.76. The van der Waals surface area contributed by atoms with Gasteiger partial charge in [-0.05, 0) is 110 Å². The van der Waals surface area contributed by atoms with E-state index in [1.165, 1.54) is 57.8 Å². The molecule has 4 aliphatic rings. The second kappa shape index (κ2) is 15.1. The van der Waals surface area contributed by atoms with E-state index in [9.17, 15) is 15.0 Å². The zero-order valence-corrected chi connectivity index (χ0v) is 27.3. The number of alkyl halides is 1. The molecule has 0 radical (unpaired) electrons. The van der Waals surface area contributed by atoms with Crippen LogP contribution in [0.25, 0.3) is 0 Å². The number of amides is 1. The number of aliphatic hydroxyl groups excluding tert-OH is 1. The van der Waals surface area contributed by atoms with Crippen LogP contribution >= 0.6 is 0 Å². The Morgan fingerprint density at radius 1 is 0.977 bits per heavy atom. The molecular formula is C38H60FNO3. The van der Waals surface area contributed by atoms with Crippen molar-refractivity contribution in [1.82, 2.24) is 4.90 Å². The number of benzene rings is 1. The fourth-order valence-electron chi connectivity index (χ4n) is 10.0. The molecule has 5 heteroatoms. The van der Waals surface area contributed by atoms with Crippen molar-refractivity contribution in [3.63, 3.8) is 0 Å². The molecule has 2 N–H and O–H groups in total. The van der Waals surface area contributed by atoms with Gasteiger partial charge in [0.1, 0.15) is 11.9 Å². The highest BCUT2D eigenvalue weighted by Crippen LogP contribution is 2.63. The van der Waals surface area contributed by atoms with Gasteiger partial charge in [-0.1, -0.05) is 77.7 Å². The molecule has 1 aromatic carbocycles. The van der Waals surface area contributed by atoms with Gasteiger partial charge >= 0.3 is 0 Å². The van der Waals surface area contributed by atoms with E-state index in [-0.39, 0.29) is 23.0 Å². The van der Waals surface area contributed by atoms with E-state index in [2.05, 4.69) is 18.7 Å². The number of phenolic OH excluding ortho intramolecular Hbond substituents is 1. The van der Waals surface area contributed by atoms with Gasteiger partial charge in [0.15, 0.2) is 0 Å². The number of carbonyl (C=O) groups excluding carboxylic acids is 1. The number of aromatic hydroxyl groups is 1.